The SMILES string of the molecule is CC(CN(C)C(=O)NCc1ccc(C(C)C)cc1)C(=O)O. The number of aliphatic carboxylic acids is 1. The highest BCUT2D eigenvalue weighted by molar-refractivity contribution is 5.75. The molecule has 1 rings (SSSR count). The van der Waals surface area contributed by atoms with E-state index in [0.29, 0.717) is 12.5 Å². The van der Waals surface area contributed by atoms with Crippen LogP contribution in [-0.4, -0.2) is 35.6 Å². The van der Waals surface area contributed by atoms with E-state index in [9.17, 15) is 9.59 Å². The molecule has 0 bridgehead atoms. The molecule has 1 aromatic rings. The van der Waals surface area contributed by atoms with Gasteiger partial charge in [-0.1, -0.05) is 45.0 Å². The highest BCUT2D eigenvalue weighted by Crippen LogP contribution is 2.14. The van der Waals surface area contributed by atoms with Crippen molar-refractivity contribution in [1.29, 1.82) is 0 Å². The molecule has 0 fully saturated rings. The first-order valence-corrected chi connectivity index (χ1v) is 7.12. The van der Waals surface area contributed by atoms with Gasteiger partial charge in [-0.2, -0.15) is 0 Å². The largest absolute Gasteiger partial charge is 0.481 e. The number of urea groups is 1. The van der Waals surface area contributed by atoms with E-state index in [-0.39, 0.29) is 12.6 Å². The number of nitrogens with one attached hydrogen (secondary N) is 1. The third-order valence-electron chi connectivity index (χ3n) is 3.41. The maximum Gasteiger partial charge on any atom is 0.317 e. The lowest BCUT2D eigenvalue weighted by Gasteiger charge is -2.20. The van der Waals surface area contributed by atoms with Gasteiger partial charge in [-0.05, 0) is 17.0 Å². The zero-order chi connectivity index (χ0) is 16.0. The van der Waals surface area contributed by atoms with Crippen LogP contribution in [0.5, 0.6) is 0 Å². The van der Waals surface area contributed by atoms with E-state index in [2.05, 4.69) is 31.3 Å². The van der Waals surface area contributed by atoms with Crippen LogP contribution in [0.1, 0.15) is 37.8 Å². The monoisotopic (exact) mass is 292 g/mol. The van der Waals surface area contributed by atoms with Crippen LogP contribution in [-0.2, 0) is 11.3 Å². The number of carbonyl (C=O) groups excluding carboxylic acids is 1. The van der Waals surface area contributed by atoms with Gasteiger partial charge in [0, 0.05) is 20.1 Å². The molecule has 0 saturated carbocycles. The topological polar surface area (TPSA) is 69.6 Å². The van der Waals surface area contributed by atoms with Gasteiger partial charge in [-0.25, -0.2) is 4.79 Å². The summed E-state index contributed by atoms with van der Waals surface area (Å²) in [5, 5.41) is 11.6. The Morgan fingerprint density at radius 1 is 1.19 bits per heavy atom. The van der Waals surface area contributed by atoms with E-state index < -0.39 is 11.9 Å². The molecule has 0 saturated heterocycles. The first-order chi connectivity index (χ1) is 9.81. The van der Waals surface area contributed by atoms with Gasteiger partial charge in [-0.15, -0.1) is 0 Å². The van der Waals surface area contributed by atoms with Crippen LogP contribution in [0.2, 0.25) is 0 Å². The molecule has 5 heteroatoms. The van der Waals surface area contributed by atoms with Crippen LogP contribution >= 0.6 is 0 Å². The third kappa shape index (κ3) is 5.45. The highest BCUT2D eigenvalue weighted by atomic mass is 16.4. The molecule has 0 heterocycles. The van der Waals surface area contributed by atoms with Gasteiger partial charge in [0.1, 0.15) is 0 Å². The molecular weight excluding hydrogens is 268 g/mol. The third-order valence-corrected chi connectivity index (χ3v) is 3.41. The normalized spacial score (nSPS) is 12.0. The average Bonchev–Trinajstić information content (AvgIpc) is 2.44. The van der Waals surface area contributed by atoms with Gasteiger partial charge < -0.3 is 15.3 Å². The van der Waals surface area contributed by atoms with E-state index in [1.807, 2.05) is 12.1 Å². The molecule has 21 heavy (non-hydrogen) atoms. The number of amides is 2. The van der Waals surface area contributed by atoms with E-state index in [1.165, 1.54) is 10.5 Å². The Morgan fingerprint density at radius 2 is 1.76 bits per heavy atom. The molecule has 1 atom stereocenters. The highest BCUT2D eigenvalue weighted by Gasteiger charge is 2.16. The first kappa shape index (κ1) is 17.0. The number of carbonyl (C=O) groups is 2. The molecule has 0 aliphatic rings. The Hall–Kier alpha value is -2.04. The molecule has 5 nitrogen and oxygen atoms in total. The fourth-order valence-electron chi connectivity index (χ4n) is 1.90. The van der Waals surface area contributed by atoms with Crippen molar-refractivity contribution in [2.75, 3.05) is 13.6 Å². The van der Waals surface area contributed by atoms with Crippen LogP contribution < -0.4 is 5.32 Å². The van der Waals surface area contributed by atoms with Gasteiger partial charge >= 0.3 is 12.0 Å². The summed E-state index contributed by atoms with van der Waals surface area (Å²) in [6.07, 6.45) is 0. The summed E-state index contributed by atoms with van der Waals surface area (Å²) in [5.41, 5.74) is 2.28. The fourth-order valence-corrected chi connectivity index (χ4v) is 1.90. The van der Waals surface area contributed by atoms with Crippen molar-refractivity contribution in [3.63, 3.8) is 0 Å². The Labute approximate surface area is 126 Å². The predicted molar refractivity (Wildman–Crippen MR) is 82.2 cm³/mol. The fraction of sp³-hybridized carbons (Fsp3) is 0.500. The van der Waals surface area contributed by atoms with Crippen molar-refractivity contribution >= 4 is 12.0 Å². The lowest BCUT2D eigenvalue weighted by Crippen LogP contribution is -2.40. The van der Waals surface area contributed by atoms with Gasteiger partial charge in [-0.3, -0.25) is 4.79 Å². The zero-order valence-electron chi connectivity index (χ0n) is 13.1. The average molecular weight is 292 g/mol. The van der Waals surface area contributed by atoms with Crippen molar-refractivity contribution in [1.82, 2.24) is 10.2 Å². The summed E-state index contributed by atoms with van der Waals surface area (Å²) in [5.74, 6) is -0.998. The van der Waals surface area contributed by atoms with Gasteiger partial charge in [0.2, 0.25) is 0 Å². The van der Waals surface area contributed by atoms with E-state index in [1.54, 1.807) is 14.0 Å². The number of rotatable bonds is 6. The van der Waals surface area contributed by atoms with E-state index >= 15 is 0 Å². The Bertz CT molecular complexity index is 483. The Kier molecular flexibility index (Phi) is 6.21. The molecule has 2 amide bonds. The lowest BCUT2D eigenvalue weighted by molar-refractivity contribution is -0.141. The molecular formula is C16H24N2O3. The van der Waals surface area contributed by atoms with E-state index in [0.717, 1.165) is 5.56 Å². The summed E-state index contributed by atoms with van der Waals surface area (Å²) in [7, 11) is 1.59. The molecule has 0 radical (unpaired) electrons. The molecule has 2 N–H and O–H groups in total. The maximum absolute atomic E-state index is 11.9. The summed E-state index contributed by atoms with van der Waals surface area (Å²) >= 11 is 0. The summed E-state index contributed by atoms with van der Waals surface area (Å²) in [4.78, 5) is 24.0. The second-order valence-corrected chi connectivity index (χ2v) is 5.67. The van der Waals surface area contributed by atoms with Gasteiger partial charge in [0.25, 0.3) is 0 Å². The molecule has 116 valence electrons. The maximum atomic E-state index is 11.9. The standard InChI is InChI=1S/C16H24N2O3/c1-11(2)14-7-5-13(6-8-14)9-17-16(21)18(4)10-12(3)15(19)20/h5-8,11-12H,9-10H2,1-4H3,(H,17,21)(H,19,20). The Balaban J connectivity index is 2.47. The smallest absolute Gasteiger partial charge is 0.317 e. The molecule has 0 aromatic heterocycles. The second-order valence-electron chi connectivity index (χ2n) is 5.67. The van der Waals surface area contributed by atoms with Crippen LogP contribution in [0.25, 0.3) is 0 Å². The summed E-state index contributed by atoms with van der Waals surface area (Å²) < 4.78 is 0. The summed E-state index contributed by atoms with van der Waals surface area (Å²) in [6.45, 7) is 6.47. The van der Waals surface area contributed by atoms with Crippen LogP contribution in [0.15, 0.2) is 24.3 Å². The number of carboxylic acid groups (broad SMARTS) is 1. The lowest BCUT2D eigenvalue weighted by atomic mass is 10.0. The predicted octanol–water partition coefficient (Wildman–Crippen LogP) is 2.67. The van der Waals surface area contributed by atoms with Crippen molar-refractivity contribution in [2.24, 2.45) is 5.92 Å². The number of hydrogen-bond donors (Lipinski definition) is 2. The molecule has 0 aliphatic heterocycles. The quantitative estimate of drug-likeness (QED) is 0.847. The number of benzene rings is 1. The minimum absolute atomic E-state index is 0.188. The van der Waals surface area contributed by atoms with Crippen molar-refractivity contribution in [3.05, 3.63) is 35.4 Å². The van der Waals surface area contributed by atoms with Gasteiger partial charge in [0.15, 0.2) is 0 Å². The molecule has 1 aromatic carbocycles. The molecule has 0 aliphatic carbocycles. The van der Waals surface area contributed by atoms with Crippen LogP contribution in [0.3, 0.4) is 0 Å². The van der Waals surface area contributed by atoms with Crippen molar-refractivity contribution in [2.45, 2.75) is 33.2 Å². The molecule has 0 spiro atoms. The minimum Gasteiger partial charge on any atom is -0.481 e. The number of carboxylic acids is 1. The Morgan fingerprint density at radius 3 is 2.24 bits per heavy atom. The number of hydrogen-bond acceptors (Lipinski definition) is 2. The van der Waals surface area contributed by atoms with Crippen LogP contribution in [0, 0.1) is 5.92 Å². The van der Waals surface area contributed by atoms with Gasteiger partial charge in [0.05, 0.1) is 5.92 Å². The van der Waals surface area contributed by atoms with E-state index in [4.69, 9.17) is 5.11 Å². The van der Waals surface area contributed by atoms with Crippen molar-refractivity contribution in [3.8, 4) is 0 Å². The summed E-state index contributed by atoms with van der Waals surface area (Å²) in [6, 6.07) is 7.84. The second kappa shape index (κ2) is 7.67. The van der Waals surface area contributed by atoms with Crippen molar-refractivity contribution < 1.29 is 14.7 Å². The minimum atomic E-state index is -0.904. The first-order valence-electron chi connectivity index (χ1n) is 7.12. The zero-order valence-corrected chi connectivity index (χ0v) is 13.1. The molecule has 1 unspecified atom stereocenters. The number of nitrogens with zero attached hydrogens (tertiary/aromatic N) is 1. The van der Waals surface area contributed by atoms with Crippen LogP contribution in [0.4, 0.5) is 4.79 Å².